The number of hydrogen-bond acceptors (Lipinski definition) is 7. The number of carbonyl (C=O) groups excluding carboxylic acids is 2. The number of benzene rings is 2. The van der Waals surface area contributed by atoms with Gasteiger partial charge >= 0.3 is 11.9 Å². The number of aliphatic imine (C=N–C) groups is 1. The number of cyclic esters (lactones) is 1. The van der Waals surface area contributed by atoms with Crippen molar-refractivity contribution in [3.63, 3.8) is 0 Å². The van der Waals surface area contributed by atoms with Gasteiger partial charge in [0.1, 0.15) is 5.75 Å². The van der Waals surface area contributed by atoms with Gasteiger partial charge in [-0.15, -0.1) is 0 Å². The first kappa shape index (κ1) is 19.0. The number of rotatable bonds is 4. The van der Waals surface area contributed by atoms with Crippen molar-refractivity contribution < 1.29 is 24.0 Å². The van der Waals surface area contributed by atoms with E-state index in [0.29, 0.717) is 16.9 Å². The molecular formula is C20H16N2O6. The second kappa shape index (κ2) is 7.43. The van der Waals surface area contributed by atoms with E-state index in [1.165, 1.54) is 25.1 Å². The van der Waals surface area contributed by atoms with E-state index < -0.39 is 16.9 Å². The largest absolute Gasteiger partial charge is 0.426 e. The Morgan fingerprint density at radius 2 is 1.89 bits per heavy atom. The fourth-order valence-corrected chi connectivity index (χ4v) is 2.81. The Bertz CT molecular complexity index is 1050. The van der Waals surface area contributed by atoms with Crippen molar-refractivity contribution in [1.82, 2.24) is 0 Å². The summed E-state index contributed by atoms with van der Waals surface area (Å²) in [5, 5.41) is 10.9. The lowest BCUT2D eigenvalue weighted by Crippen LogP contribution is -2.06. The molecule has 0 spiro atoms. The van der Waals surface area contributed by atoms with Gasteiger partial charge in [-0.25, -0.2) is 9.79 Å². The van der Waals surface area contributed by atoms with E-state index in [1.807, 2.05) is 0 Å². The van der Waals surface area contributed by atoms with Crippen LogP contribution in [0.2, 0.25) is 0 Å². The number of nitrogens with zero attached hydrogens (tertiary/aromatic N) is 2. The van der Waals surface area contributed by atoms with E-state index in [-0.39, 0.29) is 17.3 Å². The van der Waals surface area contributed by atoms with E-state index in [9.17, 15) is 19.7 Å². The van der Waals surface area contributed by atoms with E-state index in [4.69, 9.17) is 9.47 Å². The number of non-ortho nitro benzene ring substituents is 1. The molecule has 0 amide bonds. The quantitative estimate of drug-likeness (QED) is 0.264. The molecule has 0 N–H and O–H groups in total. The first-order chi connectivity index (χ1) is 13.2. The average Bonchev–Trinajstić information content (AvgIpc) is 2.99. The van der Waals surface area contributed by atoms with E-state index in [0.717, 1.165) is 11.1 Å². The van der Waals surface area contributed by atoms with Crippen molar-refractivity contribution in [3.8, 4) is 5.75 Å². The van der Waals surface area contributed by atoms with Crippen molar-refractivity contribution in [2.45, 2.75) is 20.8 Å². The Kier molecular flexibility index (Phi) is 5.04. The monoisotopic (exact) mass is 380 g/mol. The molecule has 1 heterocycles. The van der Waals surface area contributed by atoms with Crippen LogP contribution in [0.15, 0.2) is 47.1 Å². The summed E-state index contributed by atoms with van der Waals surface area (Å²) >= 11 is 0. The summed E-state index contributed by atoms with van der Waals surface area (Å²) in [4.78, 5) is 37.9. The van der Waals surface area contributed by atoms with Crippen molar-refractivity contribution >= 4 is 29.6 Å². The first-order valence-corrected chi connectivity index (χ1v) is 8.31. The topological polar surface area (TPSA) is 108 Å². The Hall–Kier alpha value is -3.81. The van der Waals surface area contributed by atoms with Gasteiger partial charge in [-0.3, -0.25) is 14.9 Å². The lowest BCUT2D eigenvalue weighted by atomic mass is 10.0. The van der Waals surface area contributed by atoms with Gasteiger partial charge in [-0.1, -0.05) is 6.07 Å². The minimum Gasteiger partial charge on any atom is -0.426 e. The molecule has 8 heteroatoms. The Balaban J connectivity index is 1.95. The van der Waals surface area contributed by atoms with Crippen LogP contribution in [0.5, 0.6) is 5.75 Å². The lowest BCUT2D eigenvalue weighted by Gasteiger charge is -2.10. The molecule has 8 nitrogen and oxygen atoms in total. The number of hydrogen-bond donors (Lipinski definition) is 0. The van der Waals surface area contributed by atoms with Gasteiger partial charge in [-0.05, 0) is 54.8 Å². The van der Waals surface area contributed by atoms with Gasteiger partial charge in [0, 0.05) is 24.6 Å². The molecular weight excluding hydrogens is 364 g/mol. The van der Waals surface area contributed by atoms with Crippen molar-refractivity contribution in [3.05, 3.63) is 74.5 Å². The zero-order valence-electron chi connectivity index (χ0n) is 15.4. The standard InChI is InChI=1S/C20H16N2O6/c1-11-7-14(8-12(2)18(11)27-13(3)23)9-17-20(24)28-19(21-17)15-5-4-6-16(10-15)22(25)26/h4-10H,1-3H3. The third-order valence-corrected chi connectivity index (χ3v) is 3.96. The van der Waals surface area contributed by atoms with Gasteiger partial charge < -0.3 is 9.47 Å². The third-order valence-electron chi connectivity index (χ3n) is 3.96. The zero-order valence-corrected chi connectivity index (χ0v) is 15.4. The summed E-state index contributed by atoms with van der Waals surface area (Å²) in [6, 6.07) is 9.21. The minimum absolute atomic E-state index is 0.00456. The molecule has 28 heavy (non-hydrogen) atoms. The molecule has 0 unspecified atom stereocenters. The summed E-state index contributed by atoms with van der Waals surface area (Å²) in [6.07, 6.45) is 1.55. The highest BCUT2D eigenvalue weighted by molar-refractivity contribution is 6.13. The number of esters is 2. The zero-order chi connectivity index (χ0) is 20.4. The third kappa shape index (κ3) is 3.96. The summed E-state index contributed by atoms with van der Waals surface area (Å²) in [5.41, 5.74) is 2.43. The van der Waals surface area contributed by atoms with Crippen LogP contribution in [-0.2, 0) is 14.3 Å². The van der Waals surface area contributed by atoms with Gasteiger partial charge in [-0.2, -0.15) is 0 Å². The maximum absolute atomic E-state index is 12.2. The molecule has 1 aliphatic heterocycles. The van der Waals surface area contributed by atoms with Crippen LogP contribution in [0.25, 0.3) is 6.08 Å². The van der Waals surface area contributed by atoms with Crippen LogP contribution in [0.1, 0.15) is 29.2 Å². The highest BCUT2D eigenvalue weighted by Gasteiger charge is 2.25. The van der Waals surface area contributed by atoms with Gasteiger partial charge in [0.25, 0.3) is 5.69 Å². The molecule has 0 radical (unpaired) electrons. The van der Waals surface area contributed by atoms with Crippen LogP contribution in [0.4, 0.5) is 5.69 Å². The number of nitro benzene ring substituents is 1. The van der Waals surface area contributed by atoms with E-state index in [2.05, 4.69) is 4.99 Å². The summed E-state index contributed by atoms with van der Waals surface area (Å²) in [7, 11) is 0. The molecule has 0 aromatic heterocycles. The number of nitro groups is 1. The average molecular weight is 380 g/mol. The second-order valence-corrected chi connectivity index (χ2v) is 6.22. The maximum atomic E-state index is 12.2. The van der Waals surface area contributed by atoms with Crippen molar-refractivity contribution in [2.75, 3.05) is 0 Å². The molecule has 0 saturated heterocycles. The molecule has 3 rings (SSSR count). The SMILES string of the molecule is CC(=O)Oc1c(C)cc(C=C2N=C(c3cccc([N+](=O)[O-])c3)OC2=O)cc1C. The van der Waals surface area contributed by atoms with Gasteiger partial charge in [0.05, 0.1) is 4.92 Å². The number of carbonyl (C=O) groups is 2. The van der Waals surface area contributed by atoms with Gasteiger partial charge in [0.15, 0.2) is 5.70 Å². The molecule has 0 fully saturated rings. The second-order valence-electron chi connectivity index (χ2n) is 6.22. The highest BCUT2D eigenvalue weighted by atomic mass is 16.6. The molecule has 1 aliphatic rings. The lowest BCUT2D eigenvalue weighted by molar-refractivity contribution is -0.384. The normalized spacial score (nSPS) is 14.6. The van der Waals surface area contributed by atoms with Crippen LogP contribution in [0, 0.1) is 24.0 Å². The number of ether oxygens (including phenoxy) is 2. The minimum atomic E-state index is -0.652. The molecule has 142 valence electrons. The Morgan fingerprint density at radius 3 is 2.50 bits per heavy atom. The predicted molar refractivity (Wildman–Crippen MR) is 101 cm³/mol. The Morgan fingerprint density at radius 1 is 1.21 bits per heavy atom. The predicted octanol–water partition coefficient (Wildman–Crippen LogP) is 3.48. The van der Waals surface area contributed by atoms with Crippen molar-refractivity contribution in [1.29, 1.82) is 0 Å². The smallest absolute Gasteiger partial charge is 0.363 e. The molecule has 2 aromatic carbocycles. The van der Waals surface area contributed by atoms with Crippen LogP contribution >= 0.6 is 0 Å². The molecule has 0 bridgehead atoms. The highest BCUT2D eigenvalue weighted by Crippen LogP contribution is 2.27. The summed E-state index contributed by atoms with van der Waals surface area (Å²) < 4.78 is 10.3. The fourth-order valence-electron chi connectivity index (χ4n) is 2.81. The molecule has 2 aromatic rings. The van der Waals surface area contributed by atoms with Crippen molar-refractivity contribution in [2.24, 2.45) is 4.99 Å². The maximum Gasteiger partial charge on any atom is 0.363 e. The van der Waals surface area contributed by atoms with Crippen LogP contribution in [-0.4, -0.2) is 22.8 Å². The Labute approximate surface area is 160 Å². The first-order valence-electron chi connectivity index (χ1n) is 8.31. The van der Waals surface area contributed by atoms with Crippen LogP contribution < -0.4 is 4.74 Å². The molecule has 0 aliphatic carbocycles. The number of aryl methyl sites for hydroxylation is 2. The molecule has 0 saturated carbocycles. The summed E-state index contributed by atoms with van der Waals surface area (Å²) in [6.45, 7) is 4.91. The molecule has 0 atom stereocenters. The van der Waals surface area contributed by atoms with Crippen LogP contribution in [0.3, 0.4) is 0 Å². The van der Waals surface area contributed by atoms with E-state index >= 15 is 0 Å². The van der Waals surface area contributed by atoms with Gasteiger partial charge in [0.2, 0.25) is 5.90 Å². The van der Waals surface area contributed by atoms with E-state index in [1.54, 1.807) is 38.1 Å². The fraction of sp³-hybridized carbons (Fsp3) is 0.150. The summed E-state index contributed by atoms with van der Waals surface area (Å²) in [5.74, 6) is -0.585.